The van der Waals surface area contributed by atoms with E-state index in [1.165, 1.54) is 11.6 Å². The zero-order valence-corrected chi connectivity index (χ0v) is 14.8. The van der Waals surface area contributed by atoms with E-state index in [0.717, 1.165) is 6.42 Å². The topological polar surface area (TPSA) is 58.2 Å². The molecule has 0 aliphatic heterocycles. The summed E-state index contributed by atoms with van der Waals surface area (Å²) in [5.41, 5.74) is 1.45. The first kappa shape index (κ1) is 18.1. The van der Waals surface area contributed by atoms with Crippen LogP contribution in [0.15, 0.2) is 48.5 Å². The summed E-state index contributed by atoms with van der Waals surface area (Å²) < 4.78 is 13.6. The molecule has 0 bridgehead atoms. The summed E-state index contributed by atoms with van der Waals surface area (Å²) in [6, 6.07) is 14.1. The second-order valence-corrected chi connectivity index (χ2v) is 6.68. The lowest BCUT2D eigenvalue weighted by atomic mass is 10.0. The molecule has 0 atom stereocenters. The first-order valence-corrected chi connectivity index (χ1v) is 8.97. The molecule has 4 nitrogen and oxygen atoms in total. The smallest absolute Gasteiger partial charge is 0.240 e. The van der Waals surface area contributed by atoms with E-state index >= 15 is 0 Å². The van der Waals surface area contributed by atoms with Gasteiger partial charge in [0.1, 0.15) is 11.2 Å². The van der Waals surface area contributed by atoms with E-state index in [1.807, 2.05) is 24.3 Å². The summed E-state index contributed by atoms with van der Waals surface area (Å²) in [6.07, 6.45) is 2.41. The molecule has 2 aromatic rings. The predicted molar refractivity (Wildman–Crippen MR) is 99.2 cm³/mol. The van der Waals surface area contributed by atoms with E-state index in [9.17, 15) is 14.0 Å². The average Bonchev–Trinajstić information content (AvgIpc) is 3.46. The highest BCUT2D eigenvalue weighted by atomic mass is 19.1. The fourth-order valence-corrected chi connectivity index (χ4v) is 2.94. The lowest BCUT2D eigenvalue weighted by Gasteiger charge is -2.16. The maximum Gasteiger partial charge on any atom is 0.240 e. The molecular weight excluding hydrogens is 331 g/mol. The van der Waals surface area contributed by atoms with Crippen molar-refractivity contribution in [3.05, 3.63) is 65.5 Å². The fourth-order valence-electron chi connectivity index (χ4n) is 2.94. The largest absolute Gasteiger partial charge is 0.355 e. The average molecular weight is 354 g/mol. The van der Waals surface area contributed by atoms with Crippen molar-refractivity contribution < 1.29 is 14.0 Å². The Morgan fingerprint density at radius 2 is 1.73 bits per heavy atom. The SMILES string of the molecule is CCc1ccc(NC(=O)C2(C(=O)NCCc3ccccc3F)CC2)cc1. The summed E-state index contributed by atoms with van der Waals surface area (Å²) in [5.74, 6) is -0.835. The van der Waals surface area contributed by atoms with Crippen LogP contribution in [0.25, 0.3) is 0 Å². The van der Waals surface area contributed by atoms with Crippen molar-refractivity contribution in [3.63, 3.8) is 0 Å². The van der Waals surface area contributed by atoms with Crippen LogP contribution in [0, 0.1) is 11.2 Å². The van der Waals surface area contributed by atoms with E-state index in [1.54, 1.807) is 18.2 Å². The lowest BCUT2D eigenvalue weighted by molar-refractivity contribution is -0.134. The molecule has 0 unspecified atom stereocenters. The Balaban J connectivity index is 1.54. The van der Waals surface area contributed by atoms with Gasteiger partial charge in [0, 0.05) is 12.2 Å². The van der Waals surface area contributed by atoms with Gasteiger partial charge in [0.15, 0.2) is 0 Å². The van der Waals surface area contributed by atoms with Crippen LogP contribution < -0.4 is 10.6 Å². The third kappa shape index (κ3) is 3.93. The molecule has 0 aromatic heterocycles. The van der Waals surface area contributed by atoms with Gasteiger partial charge >= 0.3 is 0 Å². The Hall–Kier alpha value is -2.69. The first-order chi connectivity index (χ1) is 12.5. The Labute approximate surface area is 152 Å². The molecule has 0 heterocycles. The Morgan fingerprint density at radius 3 is 2.35 bits per heavy atom. The minimum Gasteiger partial charge on any atom is -0.355 e. The Bertz CT molecular complexity index is 798. The normalized spacial score (nSPS) is 14.5. The maximum atomic E-state index is 13.6. The quantitative estimate of drug-likeness (QED) is 0.748. The number of hydrogen-bond acceptors (Lipinski definition) is 2. The lowest BCUT2D eigenvalue weighted by Crippen LogP contribution is -2.40. The van der Waals surface area contributed by atoms with Crippen LogP contribution in [-0.2, 0) is 22.4 Å². The van der Waals surface area contributed by atoms with Crippen molar-refractivity contribution in [1.82, 2.24) is 5.32 Å². The standard InChI is InChI=1S/C21H23FN2O2/c1-2-15-7-9-17(10-8-15)24-20(26)21(12-13-21)19(25)23-14-11-16-5-3-4-6-18(16)22/h3-10H,2,11-14H2,1H3,(H,23,25)(H,24,26). The molecule has 136 valence electrons. The fraction of sp³-hybridized carbons (Fsp3) is 0.333. The van der Waals surface area contributed by atoms with Crippen molar-refractivity contribution in [1.29, 1.82) is 0 Å². The molecule has 26 heavy (non-hydrogen) atoms. The number of hydrogen-bond donors (Lipinski definition) is 2. The van der Waals surface area contributed by atoms with E-state index in [0.29, 0.717) is 37.1 Å². The molecule has 2 aromatic carbocycles. The molecule has 5 heteroatoms. The second-order valence-electron chi connectivity index (χ2n) is 6.68. The monoisotopic (exact) mass is 354 g/mol. The highest BCUT2D eigenvalue weighted by Crippen LogP contribution is 2.46. The van der Waals surface area contributed by atoms with Gasteiger partial charge in [-0.3, -0.25) is 9.59 Å². The Morgan fingerprint density at radius 1 is 1.04 bits per heavy atom. The minimum atomic E-state index is -0.987. The van der Waals surface area contributed by atoms with E-state index in [-0.39, 0.29) is 17.6 Å². The number of halogens is 1. The van der Waals surface area contributed by atoms with Gasteiger partial charge in [0.25, 0.3) is 0 Å². The van der Waals surface area contributed by atoms with Crippen LogP contribution in [-0.4, -0.2) is 18.4 Å². The second kappa shape index (κ2) is 7.68. The summed E-state index contributed by atoms with van der Waals surface area (Å²) in [6.45, 7) is 2.37. The summed E-state index contributed by atoms with van der Waals surface area (Å²) in [4.78, 5) is 25.0. The zero-order chi connectivity index (χ0) is 18.6. The van der Waals surface area contributed by atoms with Gasteiger partial charge in [0.05, 0.1) is 0 Å². The van der Waals surface area contributed by atoms with Crippen LogP contribution in [0.3, 0.4) is 0 Å². The van der Waals surface area contributed by atoms with E-state index in [2.05, 4.69) is 17.6 Å². The highest BCUT2D eigenvalue weighted by Gasteiger charge is 2.56. The molecule has 1 aliphatic rings. The molecule has 0 saturated heterocycles. The number of amides is 2. The number of carbonyl (C=O) groups is 2. The van der Waals surface area contributed by atoms with Gasteiger partial charge in [-0.25, -0.2) is 4.39 Å². The molecule has 1 fully saturated rings. The molecular formula is C21H23FN2O2. The molecule has 2 N–H and O–H groups in total. The van der Waals surface area contributed by atoms with Crippen LogP contribution >= 0.6 is 0 Å². The van der Waals surface area contributed by atoms with Gasteiger partial charge in [0.2, 0.25) is 11.8 Å². The number of rotatable bonds is 7. The molecule has 0 radical (unpaired) electrons. The molecule has 2 amide bonds. The molecule has 1 aliphatic carbocycles. The highest BCUT2D eigenvalue weighted by molar-refractivity contribution is 6.13. The summed E-state index contributed by atoms with van der Waals surface area (Å²) in [7, 11) is 0. The third-order valence-electron chi connectivity index (χ3n) is 4.88. The van der Waals surface area contributed by atoms with Crippen molar-refractivity contribution in [2.75, 3.05) is 11.9 Å². The van der Waals surface area contributed by atoms with Crippen molar-refractivity contribution in [3.8, 4) is 0 Å². The van der Waals surface area contributed by atoms with Gasteiger partial charge in [-0.2, -0.15) is 0 Å². The van der Waals surface area contributed by atoms with Gasteiger partial charge in [-0.15, -0.1) is 0 Å². The molecule has 0 spiro atoms. The molecule has 3 rings (SSSR count). The van der Waals surface area contributed by atoms with Crippen LogP contribution in [0.4, 0.5) is 10.1 Å². The predicted octanol–water partition coefficient (Wildman–Crippen LogP) is 3.47. The number of aryl methyl sites for hydroxylation is 1. The van der Waals surface area contributed by atoms with E-state index < -0.39 is 5.41 Å². The van der Waals surface area contributed by atoms with Gasteiger partial charge in [-0.05, 0) is 55.0 Å². The van der Waals surface area contributed by atoms with Crippen LogP contribution in [0.5, 0.6) is 0 Å². The number of benzene rings is 2. The zero-order valence-electron chi connectivity index (χ0n) is 14.8. The van der Waals surface area contributed by atoms with Gasteiger partial charge in [-0.1, -0.05) is 37.3 Å². The summed E-state index contributed by atoms with van der Waals surface area (Å²) >= 11 is 0. The van der Waals surface area contributed by atoms with Crippen molar-refractivity contribution in [2.24, 2.45) is 5.41 Å². The van der Waals surface area contributed by atoms with Crippen LogP contribution in [0.2, 0.25) is 0 Å². The number of carbonyl (C=O) groups excluding carboxylic acids is 2. The summed E-state index contributed by atoms with van der Waals surface area (Å²) in [5, 5.41) is 5.61. The number of nitrogens with one attached hydrogen (secondary N) is 2. The van der Waals surface area contributed by atoms with E-state index in [4.69, 9.17) is 0 Å². The van der Waals surface area contributed by atoms with Crippen molar-refractivity contribution in [2.45, 2.75) is 32.6 Å². The first-order valence-electron chi connectivity index (χ1n) is 8.97. The van der Waals surface area contributed by atoms with Gasteiger partial charge < -0.3 is 10.6 Å². The van der Waals surface area contributed by atoms with Crippen LogP contribution in [0.1, 0.15) is 30.9 Å². The Kier molecular flexibility index (Phi) is 5.35. The third-order valence-corrected chi connectivity index (χ3v) is 4.88. The number of anilines is 1. The van der Waals surface area contributed by atoms with Crippen molar-refractivity contribution >= 4 is 17.5 Å². The molecule has 1 saturated carbocycles. The minimum absolute atomic E-state index is 0.273. The maximum absolute atomic E-state index is 13.6.